The average molecular weight is 376 g/mol. The molecule has 0 heterocycles. The summed E-state index contributed by atoms with van der Waals surface area (Å²) in [6, 6.07) is 20.5. The molecule has 2 N–H and O–H groups in total. The highest BCUT2D eigenvalue weighted by atomic mass is 16.5. The van der Waals surface area contributed by atoms with Crippen LogP contribution in [-0.2, 0) is 4.79 Å². The molecule has 5 nitrogen and oxygen atoms in total. The van der Waals surface area contributed by atoms with Crippen LogP contribution in [0.2, 0.25) is 0 Å². The molecule has 0 spiro atoms. The first-order chi connectivity index (χ1) is 13.5. The van der Waals surface area contributed by atoms with Gasteiger partial charge in [0.25, 0.3) is 11.8 Å². The topological polar surface area (TPSA) is 67.4 Å². The first-order valence-electron chi connectivity index (χ1n) is 9.32. The minimum atomic E-state index is -0.322. The SMILES string of the molecule is CC(C)CNC(=O)c1ccccc1NC(=O)COc1cccc2ccccc12. The summed E-state index contributed by atoms with van der Waals surface area (Å²) in [5, 5.41) is 7.64. The van der Waals surface area contributed by atoms with Gasteiger partial charge in [0.15, 0.2) is 6.61 Å². The van der Waals surface area contributed by atoms with E-state index in [1.165, 1.54) is 0 Å². The van der Waals surface area contributed by atoms with E-state index in [0.717, 1.165) is 10.8 Å². The number of hydrogen-bond acceptors (Lipinski definition) is 3. The van der Waals surface area contributed by atoms with Crippen molar-refractivity contribution in [1.82, 2.24) is 5.32 Å². The molecule has 3 aromatic rings. The summed E-state index contributed by atoms with van der Waals surface area (Å²) < 4.78 is 5.72. The molecule has 3 rings (SSSR count). The fraction of sp³-hybridized carbons (Fsp3) is 0.217. The Morgan fingerprint density at radius 1 is 0.929 bits per heavy atom. The minimum absolute atomic E-state index is 0.143. The minimum Gasteiger partial charge on any atom is -0.483 e. The number of ether oxygens (including phenoxy) is 1. The Labute approximate surface area is 164 Å². The summed E-state index contributed by atoms with van der Waals surface area (Å²) in [6.45, 7) is 4.48. The maximum absolute atomic E-state index is 12.4. The lowest BCUT2D eigenvalue weighted by Gasteiger charge is -2.13. The highest BCUT2D eigenvalue weighted by Gasteiger charge is 2.14. The number of carbonyl (C=O) groups is 2. The zero-order valence-electron chi connectivity index (χ0n) is 16.1. The van der Waals surface area contributed by atoms with Gasteiger partial charge in [-0.3, -0.25) is 9.59 Å². The number of rotatable bonds is 7. The van der Waals surface area contributed by atoms with Gasteiger partial charge in [0.05, 0.1) is 11.3 Å². The molecule has 0 aliphatic carbocycles. The third-order valence-corrected chi connectivity index (χ3v) is 4.23. The number of anilines is 1. The van der Waals surface area contributed by atoms with Gasteiger partial charge in [-0.1, -0.05) is 62.4 Å². The summed E-state index contributed by atoms with van der Waals surface area (Å²) in [6.07, 6.45) is 0. The van der Waals surface area contributed by atoms with Crippen LogP contribution >= 0.6 is 0 Å². The molecule has 144 valence electrons. The Morgan fingerprint density at radius 3 is 2.46 bits per heavy atom. The van der Waals surface area contributed by atoms with Gasteiger partial charge in [0, 0.05) is 11.9 Å². The zero-order chi connectivity index (χ0) is 19.9. The Kier molecular flexibility index (Phi) is 6.27. The number of carbonyl (C=O) groups excluding carboxylic acids is 2. The maximum Gasteiger partial charge on any atom is 0.262 e. The maximum atomic E-state index is 12.4. The number of benzene rings is 3. The van der Waals surface area contributed by atoms with Crippen LogP contribution in [0.1, 0.15) is 24.2 Å². The molecule has 5 heteroatoms. The van der Waals surface area contributed by atoms with Crippen molar-refractivity contribution in [2.75, 3.05) is 18.5 Å². The molecule has 0 unspecified atom stereocenters. The van der Waals surface area contributed by atoms with Crippen LogP contribution in [0.25, 0.3) is 10.8 Å². The van der Waals surface area contributed by atoms with Crippen LogP contribution in [0.3, 0.4) is 0 Å². The van der Waals surface area contributed by atoms with Crippen molar-refractivity contribution in [3.63, 3.8) is 0 Å². The van der Waals surface area contributed by atoms with E-state index in [-0.39, 0.29) is 18.4 Å². The molecule has 28 heavy (non-hydrogen) atoms. The fourth-order valence-electron chi connectivity index (χ4n) is 2.83. The zero-order valence-corrected chi connectivity index (χ0v) is 16.1. The Balaban J connectivity index is 1.66. The molecule has 0 atom stereocenters. The molecule has 0 fully saturated rings. The van der Waals surface area contributed by atoms with E-state index in [2.05, 4.69) is 10.6 Å². The van der Waals surface area contributed by atoms with E-state index in [4.69, 9.17) is 4.74 Å². The van der Waals surface area contributed by atoms with Crippen LogP contribution in [0.4, 0.5) is 5.69 Å². The summed E-state index contributed by atoms with van der Waals surface area (Å²) >= 11 is 0. The van der Waals surface area contributed by atoms with E-state index < -0.39 is 0 Å². The smallest absolute Gasteiger partial charge is 0.262 e. The van der Waals surface area contributed by atoms with Crippen LogP contribution < -0.4 is 15.4 Å². The average Bonchev–Trinajstić information content (AvgIpc) is 2.71. The largest absolute Gasteiger partial charge is 0.483 e. The van der Waals surface area contributed by atoms with Crippen molar-refractivity contribution >= 4 is 28.3 Å². The summed E-state index contributed by atoms with van der Waals surface area (Å²) in [5.74, 6) is 0.465. The van der Waals surface area contributed by atoms with E-state index in [1.807, 2.05) is 56.3 Å². The standard InChI is InChI=1S/C23H24N2O3/c1-16(2)14-24-23(27)19-11-5-6-12-20(19)25-22(26)15-28-21-13-7-9-17-8-3-4-10-18(17)21/h3-13,16H,14-15H2,1-2H3,(H,24,27)(H,25,26). The van der Waals surface area contributed by atoms with Gasteiger partial charge >= 0.3 is 0 Å². The van der Waals surface area contributed by atoms with Gasteiger partial charge in [0.1, 0.15) is 5.75 Å². The van der Waals surface area contributed by atoms with Crippen LogP contribution in [0.15, 0.2) is 66.7 Å². The molecule has 2 amide bonds. The van der Waals surface area contributed by atoms with Crippen LogP contribution in [0, 0.1) is 5.92 Å². The van der Waals surface area contributed by atoms with Crippen molar-refractivity contribution < 1.29 is 14.3 Å². The van der Waals surface area contributed by atoms with Gasteiger partial charge in [-0.25, -0.2) is 0 Å². The van der Waals surface area contributed by atoms with Crippen LogP contribution in [0.5, 0.6) is 5.75 Å². The van der Waals surface area contributed by atoms with Gasteiger partial charge in [0.2, 0.25) is 0 Å². The van der Waals surface area contributed by atoms with Gasteiger partial charge in [-0.05, 0) is 29.5 Å². The van der Waals surface area contributed by atoms with Crippen molar-refractivity contribution in [1.29, 1.82) is 0 Å². The quantitative estimate of drug-likeness (QED) is 0.648. The third-order valence-electron chi connectivity index (χ3n) is 4.23. The molecular formula is C23H24N2O3. The van der Waals surface area contributed by atoms with Gasteiger partial charge in [-0.2, -0.15) is 0 Å². The van der Waals surface area contributed by atoms with E-state index in [9.17, 15) is 9.59 Å². The lowest BCUT2D eigenvalue weighted by atomic mass is 10.1. The van der Waals surface area contributed by atoms with E-state index in [0.29, 0.717) is 29.5 Å². The van der Waals surface area contributed by atoms with E-state index in [1.54, 1.807) is 24.3 Å². The summed E-state index contributed by atoms with van der Waals surface area (Å²) in [5.41, 5.74) is 0.900. The molecule has 0 saturated heterocycles. The van der Waals surface area contributed by atoms with Crippen LogP contribution in [-0.4, -0.2) is 25.0 Å². The van der Waals surface area contributed by atoms with Crippen molar-refractivity contribution in [2.24, 2.45) is 5.92 Å². The molecule has 3 aromatic carbocycles. The lowest BCUT2D eigenvalue weighted by molar-refractivity contribution is -0.118. The highest BCUT2D eigenvalue weighted by Crippen LogP contribution is 2.25. The Bertz CT molecular complexity index is 977. The molecule has 0 aliphatic rings. The Hall–Kier alpha value is -3.34. The fourth-order valence-corrected chi connectivity index (χ4v) is 2.83. The summed E-state index contributed by atoms with van der Waals surface area (Å²) in [7, 11) is 0. The normalized spacial score (nSPS) is 10.7. The highest BCUT2D eigenvalue weighted by molar-refractivity contribution is 6.04. The first-order valence-corrected chi connectivity index (χ1v) is 9.32. The number of fused-ring (bicyclic) bond motifs is 1. The molecule has 0 bridgehead atoms. The molecule has 0 radical (unpaired) electrons. The van der Waals surface area contributed by atoms with Gasteiger partial charge < -0.3 is 15.4 Å². The van der Waals surface area contributed by atoms with E-state index >= 15 is 0 Å². The molecule has 0 aliphatic heterocycles. The van der Waals surface area contributed by atoms with Crippen molar-refractivity contribution in [3.8, 4) is 5.75 Å². The third kappa shape index (κ3) is 4.88. The number of nitrogens with one attached hydrogen (secondary N) is 2. The summed E-state index contributed by atoms with van der Waals surface area (Å²) in [4.78, 5) is 24.8. The van der Waals surface area contributed by atoms with Gasteiger partial charge in [-0.15, -0.1) is 0 Å². The second kappa shape index (κ2) is 9.04. The molecule has 0 saturated carbocycles. The molecular weight excluding hydrogens is 352 g/mol. The predicted molar refractivity (Wildman–Crippen MR) is 112 cm³/mol. The number of amides is 2. The molecule has 0 aromatic heterocycles. The second-order valence-corrected chi connectivity index (χ2v) is 6.96. The Morgan fingerprint density at radius 2 is 1.64 bits per heavy atom. The second-order valence-electron chi connectivity index (χ2n) is 6.96. The number of para-hydroxylation sites is 1. The monoisotopic (exact) mass is 376 g/mol. The predicted octanol–water partition coefficient (Wildman–Crippen LogP) is 4.24. The first kappa shape index (κ1) is 19.4. The lowest BCUT2D eigenvalue weighted by Crippen LogP contribution is -2.29. The number of hydrogen-bond donors (Lipinski definition) is 2. The van der Waals surface area contributed by atoms with Crippen molar-refractivity contribution in [2.45, 2.75) is 13.8 Å². The van der Waals surface area contributed by atoms with Crippen molar-refractivity contribution in [3.05, 3.63) is 72.3 Å².